The highest BCUT2D eigenvalue weighted by atomic mass is 19.4. The van der Waals surface area contributed by atoms with Gasteiger partial charge < -0.3 is 15.5 Å². The zero-order chi connectivity index (χ0) is 25.4. The molecule has 4 rings (SSSR count). The van der Waals surface area contributed by atoms with Gasteiger partial charge in [0.2, 0.25) is 0 Å². The summed E-state index contributed by atoms with van der Waals surface area (Å²) in [4.78, 5) is 25.0. The number of nitrogens with one attached hydrogen (secondary N) is 1. The van der Waals surface area contributed by atoms with Crippen molar-refractivity contribution in [3.05, 3.63) is 102 Å². The largest absolute Gasteiger partial charge is 0.490 e. The van der Waals surface area contributed by atoms with E-state index in [0.717, 1.165) is 35.0 Å². The van der Waals surface area contributed by atoms with Crippen molar-refractivity contribution in [3.63, 3.8) is 0 Å². The van der Waals surface area contributed by atoms with E-state index in [1.807, 2.05) is 60.7 Å². The van der Waals surface area contributed by atoms with Crippen LogP contribution in [0.3, 0.4) is 0 Å². The van der Waals surface area contributed by atoms with E-state index in [1.165, 1.54) is 5.56 Å². The number of aliphatic carboxylic acids is 1. The number of fused-ring (bicyclic) bond motifs is 1. The van der Waals surface area contributed by atoms with Gasteiger partial charge in [0.15, 0.2) is 0 Å². The lowest BCUT2D eigenvalue weighted by Gasteiger charge is -2.12. The number of carboxylic acids is 2. The van der Waals surface area contributed by atoms with Crippen molar-refractivity contribution >= 4 is 34.2 Å². The number of carbonyl (C=O) groups is 2. The summed E-state index contributed by atoms with van der Waals surface area (Å²) < 4.78 is 31.7. The van der Waals surface area contributed by atoms with E-state index in [1.54, 1.807) is 12.3 Å². The Bertz CT molecular complexity index is 1330. The standard InChI is InChI=1S/C24H20N2O2.C2HF3O2/c27-24(28)21-13-12-18(11-10-17-6-2-1-3-7-17)14-23(21)26-20-15-19-8-4-5-9-22(19)25-16-20;3-2(4,5)1(6)7/h1-9,12-16,26H,10-11H2,(H,27,28);(H,6,7). The Morgan fingerprint density at radius 2 is 1.46 bits per heavy atom. The highest BCUT2D eigenvalue weighted by molar-refractivity contribution is 5.95. The normalized spacial score (nSPS) is 10.8. The minimum Gasteiger partial charge on any atom is -0.478 e. The maximum atomic E-state index is 11.7. The van der Waals surface area contributed by atoms with E-state index in [0.29, 0.717) is 5.69 Å². The van der Waals surface area contributed by atoms with E-state index in [2.05, 4.69) is 22.4 Å². The number of benzene rings is 3. The molecule has 0 atom stereocenters. The van der Waals surface area contributed by atoms with Crippen molar-refractivity contribution in [1.29, 1.82) is 0 Å². The van der Waals surface area contributed by atoms with Gasteiger partial charge >= 0.3 is 18.1 Å². The van der Waals surface area contributed by atoms with Crippen LogP contribution in [0.25, 0.3) is 10.9 Å². The third-order valence-electron chi connectivity index (χ3n) is 4.97. The lowest BCUT2D eigenvalue weighted by Crippen LogP contribution is -2.21. The number of para-hydroxylation sites is 1. The van der Waals surface area contributed by atoms with Crippen molar-refractivity contribution < 1.29 is 33.0 Å². The van der Waals surface area contributed by atoms with Gasteiger partial charge in [-0.1, -0.05) is 54.6 Å². The van der Waals surface area contributed by atoms with Crippen LogP contribution in [0.4, 0.5) is 24.5 Å². The molecule has 6 nitrogen and oxygen atoms in total. The van der Waals surface area contributed by atoms with Gasteiger partial charge in [-0.25, -0.2) is 9.59 Å². The SMILES string of the molecule is O=C(O)C(F)(F)F.O=C(O)c1ccc(CCc2ccccc2)cc1Nc1cnc2ccccc2c1. The molecular weight excluding hydrogens is 461 g/mol. The Kier molecular flexibility index (Phi) is 8.04. The monoisotopic (exact) mass is 482 g/mol. The average molecular weight is 482 g/mol. The predicted molar refractivity (Wildman–Crippen MR) is 126 cm³/mol. The van der Waals surface area contributed by atoms with E-state index in [-0.39, 0.29) is 5.56 Å². The molecule has 0 saturated heterocycles. The summed E-state index contributed by atoms with van der Waals surface area (Å²) in [6, 6.07) is 25.6. The molecule has 0 aliphatic rings. The molecule has 3 N–H and O–H groups in total. The van der Waals surface area contributed by atoms with Crippen LogP contribution in [0.5, 0.6) is 0 Å². The smallest absolute Gasteiger partial charge is 0.478 e. The molecule has 0 radical (unpaired) electrons. The Morgan fingerprint density at radius 3 is 2.11 bits per heavy atom. The summed E-state index contributed by atoms with van der Waals surface area (Å²) in [7, 11) is 0. The molecule has 0 saturated carbocycles. The Hall–Kier alpha value is -4.40. The lowest BCUT2D eigenvalue weighted by atomic mass is 10.0. The number of pyridine rings is 1. The summed E-state index contributed by atoms with van der Waals surface area (Å²) in [5, 5.41) is 20.9. The first-order valence-corrected chi connectivity index (χ1v) is 10.5. The molecule has 0 spiro atoms. The Morgan fingerprint density at radius 1 is 0.829 bits per heavy atom. The fourth-order valence-electron chi connectivity index (χ4n) is 3.27. The number of hydrogen-bond acceptors (Lipinski definition) is 4. The molecule has 1 heterocycles. The van der Waals surface area contributed by atoms with E-state index >= 15 is 0 Å². The van der Waals surface area contributed by atoms with Crippen molar-refractivity contribution in [2.75, 3.05) is 5.32 Å². The quantitative estimate of drug-likeness (QED) is 0.307. The van der Waals surface area contributed by atoms with Gasteiger partial charge in [-0.05, 0) is 48.2 Å². The molecule has 0 bridgehead atoms. The van der Waals surface area contributed by atoms with Crippen LogP contribution < -0.4 is 5.32 Å². The molecule has 0 aliphatic heterocycles. The fraction of sp³-hybridized carbons (Fsp3) is 0.115. The molecular formula is C26H21F3N2O4. The number of carboxylic acid groups (broad SMARTS) is 2. The minimum atomic E-state index is -5.08. The molecule has 3 aromatic carbocycles. The Labute approximate surface area is 198 Å². The molecule has 180 valence electrons. The maximum Gasteiger partial charge on any atom is 0.490 e. The predicted octanol–water partition coefficient (Wildman–Crippen LogP) is 6.10. The summed E-state index contributed by atoms with van der Waals surface area (Å²) in [5.74, 6) is -3.71. The van der Waals surface area contributed by atoms with Gasteiger partial charge in [0.25, 0.3) is 0 Å². The summed E-state index contributed by atoms with van der Waals surface area (Å²) in [6.45, 7) is 0. The number of aromatic nitrogens is 1. The first kappa shape index (κ1) is 25.2. The molecule has 1 aromatic heterocycles. The molecule has 0 unspecified atom stereocenters. The van der Waals surface area contributed by atoms with Crippen molar-refractivity contribution in [3.8, 4) is 0 Å². The zero-order valence-electron chi connectivity index (χ0n) is 18.3. The van der Waals surface area contributed by atoms with Crippen LogP contribution in [-0.4, -0.2) is 33.3 Å². The zero-order valence-corrected chi connectivity index (χ0v) is 18.3. The van der Waals surface area contributed by atoms with E-state index in [9.17, 15) is 23.1 Å². The number of alkyl halides is 3. The molecule has 0 amide bonds. The molecule has 9 heteroatoms. The fourth-order valence-corrected chi connectivity index (χ4v) is 3.27. The lowest BCUT2D eigenvalue weighted by molar-refractivity contribution is -0.192. The van der Waals surface area contributed by atoms with Crippen molar-refractivity contribution in [1.82, 2.24) is 4.98 Å². The molecule has 4 aromatic rings. The first-order chi connectivity index (χ1) is 16.6. The number of rotatable bonds is 6. The number of aromatic carboxylic acids is 1. The number of aryl methyl sites for hydroxylation is 2. The van der Waals surface area contributed by atoms with Gasteiger partial charge in [0, 0.05) is 5.39 Å². The highest BCUT2D eigenvalue weighted by Crippen LogP contribution is 2.25. The second kappa shape index (κ2) is 11.1. The summed E-state index contributed by atoms with van der Waals surface area (Å²) >= 11 is 0. The van der Waals surface area contributed by atoms with E-state index < -0.39 is 18.1 Å². The van der Waals surface area contributed by atoms with Crippen LogP contribution >= 0.6 is 0 Å². The number of halogens is 3. The van der Waals surface area contributed by atoms with Crippen molar-refractivity contribution in [2.45, 2.75) is 19.0 Å². The summed E-state index contributed by atoms with van der Waals surface area (Å²) in [5.41, 5.74) is 4.85. The van der Waals surface area contributed by atoms with Gasteiger partial charge in [-0.2, -0.15) is 13.2 Å². The van der Waals surface area contributed by atoms with Crippen LogP contribution in [0.2, 0.25) is 0 Å². The van der Waals surface area contributed by atoms with Crippen molar-refractivity contribution in [2.24, 2.45) is 0 Å². The minimum absolute atomic E-state index is 0.247. The second-order valence-electron chi connectivity index (χ2n) is 7.52. The van der Waals surface area contributed by atoms with Crippen LogP contribution in [-0.2, 0) is 17.6 Å². The van der Waals surface area contributed by atoms with Crippen LogP contribution in [0.1, 0.15) is 21.5 Å². The van der Waals surface area contributed by atoms with Crippen LogP contribution in [0.15, 0.2) is 85.1 Å². The Balaban J connectivity index is 0.000000429. The number of nitrogens with zero attached hydrogens (tertiary/aromatic N) is 1. The topological polar surface area (TPSA) is 99.5 Å². The number of anilines is 2. The first-order valence-electron chi connectivity index (χ1n) is 10.5. The third-order valence-corrected chi connectivity index (χ3v) is 4.97. The maximum absolute atomic E-state index is 11.7. The highest BCUT2D eigenvalue weighted by Gasteiger charge is 2.38. The number of hydrogen-bond donors (Lipinski definition) is 3. The van der Waals surface area contributed by atoms with E-state index in [4.69, 9.17) is 9.90 Å². The van der Waals surface area contributed by atoms with Gasteiger partial charge in [0.1, 0.15) is 0 Å². The van der Waals surface area contributed by atoms with Gasteiger partial charge in [-0.15, -0.1) is 0 Å². The second-order valence-corrected chi connectivity index (χ2v) is 7.52. The molecule has 35 heavy (non-hydrogen) atoms. The summed E-state index contributed by atoms with van der Waals surface area (Å²) in [6.07, 6.45) is -1.61. The van der Waals surface area contributed by atoms with Gasteiger partial charge in [0.05, 0.1) is 28.7 Å². The molecule has 0 fully saturated rings. The van der Waals surface area contributed by atoms with Crippen LogP contribution in [0, 0.1) is 0 Å². The average Bonchev–Trinajstić information content (AvgIpc) is 2.83. The third kappa shape index (κ3) is 7.29. The molecule has 0 aliphatic carbocycles. The van der Waals surface area contributed by atoms with Gasteiger partial charge in [-0.3, -0.25) is 4.98 Å².